The van der Waals surface area contributed by atoms with Crippen LogP contribution in [0.15, 0.2) is 12.5 Å². The molecule has 446 valence electrons. The number of ether oxygens (including phenoxy) is 2. The van der Waals surface area contributed by atoms with Crippen LogP contribution in [0.2, 0.25) is 0 Å². The molecule has 28 nitrogen and oxygen atoms in total. The molecule has 0 aliphatic rings. The summed E-state index contributed by atoms with van der Waals surface area (Å²) in [5.41, 5.74) is 11.4. The van der Waals surface area contributed by atoms with Crippen LogP contribution in [0.25, 0.3) is 0 Å². The van der Waals surface area contributed by atoms with Crippen LogP contribution in [0.4, 0.5) is 0 Å². The SMILES string of the molecule is CCCC[C@H](NC(=O)[C@H](CCCN)NC(=O)[C@H](Cc1c[nH]cn1)NC(=O)[C@H](CCC(N)=O)NC(=O)[C@H](CO)NC(=O)CNC(=O)COCCOCCNC(=O)CCCCCCCCCCCCCCCc1nnn[nH]1)C(=O)NC. The maximum absolute atomic E-state index is 13.9. The number of hydrogen-bond donors (Lipinski definition) is 13. The van der Waals surface area contributed by atoms with E-state index >= 15 is 0 Å². The van der Waals surface area contributed by atoms with Gasteiger partial charge in [-0.25, -0.2) is 10.1 Å². The van der Waals surface area contributed by atoms with Crippen LogP contribution in [0, 0.1) is 0 Å². The second-order valence-corrected chi connectivity index (χ2v) is 19.2. The van der Waals surface area contributed by atoms with Crippen molar-refractivity contribution in [3.8, 4) is 0 Å². The minimum absolute atomic E-state index is 0.0325. The molecule has 0 unspecified atom stereocenters. The average Bonchev–Trinajstić information content (AvgIpc) is 4.17. The Kier molecular flexibility index (Phi) is 37.5. The molecule has 2 aromatic heterocycles. The Morgan fingerprint density at radius 2 is 1.19 bits per heavy atom. The number of carbonyl (C=O) groups excluding carboxylic acids is 9. The molecule has 5 atom stereocenters. The number of nitrogens with two attached hydrogens (primary N) is 2. The third kappa shape index (κ3) is 32.8. The van der Waals surface area contributed by atoms with Crippen molar-refractivity contribution in [3.05, 3.63) is 24.0 Å². The molecule has 0 aliphatic heterocycles. The quantitative estimate of drug-likeness (QED) is 0.0346. The van der Waals surface area contributed by atoms with Crippen LogP contribution in [0.5, 0.6) is 0 Å². The molecule has 2 rings (SSSR count). The lowest BCUT2D eigenvalue weighted by atomic mass is 10.0. The molecule has 9 amide bonds. The Morgan fingerprint density at radius 3 is 1.76 bits per heavy atom. The molecule has 15 N–H and O–H groups in total. The largest absolute Gasteiger partial charge is 0.394 e. The number of aliphatic hydroxyl groups is 1. The number of hydrogen-bond acceptors (Lipinski definition) is 17. The molecule has 2 heterocycles. The number of aryl methyl sites for hydroxylation is 1. The zero-order chi connectivity index (χ0) is 57.9. The fourth-order valence-corrected chi connectivity index (χ4v) is 8.12. The topological polar surface area (TPSA) is 424 Å². The van der Waals surface area contributed by atoms with E-state index in [1.165, 1.54) is 77.4 Å². The van der Waals surface area contributed by atoms with E-state index in [-0.39, 0.29) is 51.5 Å². The predicted octanol–water partition coefficient (Wildman–Crippen LogP) is -1.21. The molecule has 2 aromatic rings. The molecule has 0 saturated carbocycles. The summed E-state index contributed by atoms with van der Waals surface area (Å²) in [4.78, 5) is 123. The van der Waals surface area contributed by atoms with Crippen molar-refractivity contribution in [1.29, 1.82) is 0 Å². The third-order valence-electron chi connectivity index (χ3n) is 12.6. The molecule has 79 heavy (non-hydrogen) atoms. The van der Waals surface area contributed by atoms with E-state index in [0.717, 1.165) is 44.3 Å². The number of likely N-dealkylation sites (N-methyl/N-ethyl adjacent to an activating group) is 1. The number of unbranched alkanes of at least 4 members (excludes halogenated alkanes) is 13. The average molecular weight is 1120 g/mol. The lowest BCUT2D eigenvalue weighted by Crippen LogP contribution is -2.60. The van der Waals surface area contributed by atoms with Crippen LogP contribution in [-0.2, 0) is 65.5 Å². The van der Waals surface area contributed by atoms with Gasteiger partial charge in [0.1, 0.15) is 42.6 Å². The maximum atomic E-state index is 13.9. The molecular formula is C51H90N16O12. The van der Waals surface area contributed by atoms with Gasteiger partial charge in [-0.15, -0.1) is 5.10 Å². The van der Waals surface area contributed by atoms with E-state index in [4.69, 9.17) is 20.9 Å². The number of rotatable bonds is 48. The summed E-state index contributed by atoms with van der Waals surface area (Å²) in [5.74, 6) is -5.45. The van der Waals surface area contributed by atoms with Gasteiger partial charge in [-0.2, -0.15) is 0 Å². The Labute approximate surface area is 462 Å². The van der Waals surface area contributed by atoms with E-state index in [0.29, 0.717) is 37.9 Å². The van der Waals surface area contributed by atoms with Crippen molar-refractivity contribution in [2.75, 3.05) is 59.7 Å². The van der Waals surface area contributed by atoms with Gasteiger partial charge >= 0.3 is 0 Å². The number of tetrazole rings is 1. The molecule has 0 fully saturated rings. The number of aromatic amines is 2. The monoisotopic (exact) mass is 1120 g/mol. The predicted molar refractivity (Wildman–Crippen MR) is 290 cm³/mol. The third-order valence-corrected chi connectivity index (χ3v) is 12.6. The normalized spacial score (nSPS) is 13.0. The number of primary amides is 1. The first-order valence-corrected chi connectivity index (χ1v) is 27.9. The summed E-state index contributed by atoms with van der Waals surface area (Å²) in [7, 11) is 1.44. The molecule has 0 bridgehead atoms. The zero-order valence-electron chi connectivity index (χ0n) is 46.3. The number of carbonyl (C=O) groups is 9. The van der Waals surface area contributed by atoms with E-state index in [1.807, 2.05) is 6.92 Å². The Hall–Kier alpha value is -6.65. The van der Waals surface area contributed by atoms with Crippen LogP contribution in [0.3, 0.4) is 0 Å². The second-order valence-electron chi connectivity index (χ2n) is 19.2. The van der Waals surface area contributed by atoms with Gasteiger partial charge in [0.15, 0.2) is 0 Å². The second kappa shape index (κ2) is 43.3. The number of imidazole rings is 1. The van der Waals surface area contributed by atoms with Crippen molar-refractivity contribution in [2.45, 2.75) is 185 Å². The Bertz CT molecular complexity index is 2050. The molecule has 0 aromatic carbocycles. The lowest BCUT2D eigenvalue weighted by molar-refractivity contribution is -0.135. The molecule has 28 heteroatoms. The Balaban J connectivity index is 1.71. The Morgan fingerprint density at radius 1 is 0.620 bits per heavy atom. The minimum Gasteiger partial charge on any atom is -0.394 e. The van der Waals surface area contributed by atoms with Gasteiger partial charge in [0.05, 0.1) is 45.0 Å². The van der Waals surface area contributed by atoms with Crippen molar-refractivity contribution in [3.63, 3.8) is 0 Å². The molecule has 0 spiro atoms. The van der Waals surface area contributed by atoms with Crippen molar-refractivity contribution < 1.29 is 57.7 Å². The van der Waals surface area contributed by atoms with Crippen molar-refractivity contribution in [2.24, 2.45) is 11.5 Å². The van der Waals surface area contributed by atoms with Crippen molar-refractivity contribution in [1.82, 2.24) is 73.1 Å². The maximum Gasteiger partial charge on any atom is 0.246 e. The first-order valence-electron chi connectivity index (χ1n) is 27.9. The number of aromatic nitrogens is 6. The minimum atomic E-state index is -1.63. The van der Waals surface area contributed by atoms with Gasteiger partial charge in [-0.05, 0) is 55.5 Å². The van der Waals surface area contributed by atoms with Gasteiger partial charge in [0.2, 0.25) is 53.2 Å². The fraction of sp³-hybridized carbons (Fsp3) is 0.745. The van der Waals surface area contributed by atoms with E-state index in [2.05, 4.69) is 73.1 Å². The highest BCUT2D eigenvalue weighted by Gasteiger charge is 2.33. The summed E-state index contributed by atoms with van der Waals surface area (Å²) in [6.07, 6.45) is 20.7. The molecule has 0 saturated heterocycles. The number of H-pyrrole nitrogens is 2. The van der Waals surface area contributed by atoms with E-state index < -0.39 is 104 Å². The van der Waals surface area contributed by atoms with Gasteiger partial charge in [-0.1, -0.05) is 90.4 Å². The highest BCUT2D eigenvalue weighted by Crippen LogP contribution is 2.14. The van der Waals surface area contributed by atoms with Crippen LogP contribution in [-0.4, -0.2) is 179 Å². The van der Waals surface area contributed by atoms with Gasteiger partial charge in [0.25, 0.3) is 0 Å². The zero-order valence-corrected chi connectivity index (χ0v) is 46.3. The molecule has 0 aliphatic carbocycles. The van der Waals surface area contributed by atoms with Crippen LogP contribution in [0.1, 0.15) is 153 Å². The number of amides is 9. The smallest absolute Gasteiger partial charge is 0.246 e. The van der Waals surface area contributed by atoms with Crippen LogP contribution < -0.4 is 54.0 Å². The molecular weight excluding hydrogens is 1030 g/mol. The summed E-state index contributed by atoms with van der Waals surface area (Å²) >= 11 is 0. The highest BCUT2D eigenvalue weighted by molar-refractivity contribution is 5.97. The lowest BCUT2D eigenvalue weighted by Gasteiger charge is -2.27. The first kappa shape index (κ1) is 68.5. The molecule has 0 radical (unpaired) electrons. The number of nitrogens with one attached hydrogen (secondary N) is 10. The van der Waals surface area contributed by atoms with Gasteiger partial charge in [0, 0.05) is 45.5 Å². The summed E-state index contributed by atoms with van der Waals surface area (Å²) < 4.78 is 10.8. The summed E-state index contributed by atoms with van der Waals surface area (Å²) in [5, 5.41) is 44.1. The van der Waals surface area contributed by atoms with E-state index in [1.54, 1.807) is 0 Å². The standard InChI is InChI=1S/C51H90N16O12/c1-3-4-19-37(47(73)54-2)60-48(74)38(20-18-25-52)61-50(76)40(30-36-31-55-35-58-36)63-49(75)39(23-24-42(53)69)62-51(77)41(33-68)59-45(71)32-57-46(72)34-79-29-28-78-27-26-56-44(70)22-17-15-13-11-9-7-5-6-8-10-12-14-16-21-43-64-66-67-65-43/h31,35,37-41,68H,3-30,32-34,52H2,1-2H3,(H2,53,69)(H,54,73)(H,55,58)(H,56,70)(H,57,72)(H,59,71)(H,60,74)(H,61,76)(H,62,77)(H,63,75)(H,64,65,66,67)/t37-,38-,39-,40-,41-/m0/s1. The van der Waals surface area contributed by atoms with Crippen LogP contribution >= 0.6 is 0 Å². The van der Waals surface area contributed by atoms with Gasteiger partial charge in [-0.3, -0.25) is 43.2 Å². The first-order chi connectivity index (χ1) is 38.2. The highest BCUT2D eigenvalue weighted by atomic mass is 16.5. The summed E-state index contributed by atoms with van der Waals surface area (Å²) in [6, 6.07) is -6.62. The fourth-order valence-electron chi connectivity index (χ4n) is 8.12. The van der Waals surface area contributed by atoms with Gasteiger partial charge < -0.3 is 73.6 Å². The number of aliphatic hydroxyl groups excluding tert-OH is 1. The van der Waals surface area contributed by atoms with E-state index in [9.17, 15) is 48.3 Å². The van der Waals surface area contributed by atoms with Crippen molar-refractivity contribution >= 4 is 53.2 Å². The number of nitrogens with zero attached hydrogens (tertiary/aromatic N) is 4. The summed E-state index contributed by atoms with van der Waals surface area (Å²) in [6.45, 7) is 0.928.